The highest BCUT2D eigenvalue weighted by Gasteiger charge is 2.33. The van der Waals surface area contributed by atoms with Gasteiger partial charge in [0.05, 0.1) is 6.54 Å². The molecular weight excluding hydrogens is 271 g/mol. The van der Waals surface area contributed by atoms with E-state index in [4.69, 9.17) is 0 Å². The molecule has 9 heteroatoms. The minimum absolute atomic E-state index is 0.242. The van der Waals surface area contributed by atoms with Crippen molar-refractivity contribution in [1.82, 2.24) is 9.97 Å². The zero-order chi connectivity index (χ0) is 14.5. The summed E-state index contributed by atoms with van der Waals surface area (Å²) in [4.78, 5) is 6.98. The van der Waals surface area contributed by atoms with E-state index in [0.717, 1.165) is 0 Å². The lowest BCUT2D eigenvalue weighted by atomic mass is 10.3. The summed E-state index contributed by atoms with van der Waals surface area (Å²) in [5.41, 5.74) is -1.18. The van der Waals surface area contributed by atoms with E-state index >= 15 is 0 Å². The highest BCUT2D eigenvalue weighted by molar-refractivity contribution is 5.43. The molecule has 108 valence electrons. The van der Waals surface area contributed by atoms with Crippen LogP contribution in [0.1, 0.15) is 19.0 Å². The third-order valence-corrected chi connectivity index (χ3v) is 1.99. The number of nitrogens with zero attached hydrogens (tertiary/aromatic N) is 2. The molecule has 0 atom stereocenters. The Balaban J connectivity index is 2.95. The largest absolute Gasteiger partial charge is 0.433 e. The predicted molar refractivity (Wildman–Crippen MR) is 60.3 cm³/mol. The summed E-state index contributed by atoms with van der Waals surface area (Å²) in [7, 11) is 0. The Labute approximate surface area is 106 Å². The van der Waals surface area contributed by atoms with Gasteiger partial charge >= 0.3 is 6.18 Å². The molecule has 0 spiro atoms. The maximum Gasteiger partial charge on any atom is 0.433 e. The average molecular weight is 284 g/mol. The number of rotatable bonds is 6. The summed E-state index contributed by atoms with van der Waals surface area (Å²) < 4.78 is 61.8. The van der Waals surface area contributed by atoms with Crippen molar-refractivity contribution >= 4 is 11.8 Å². The molecule has 1 aromatic rings. The number of nitrogens with one attached hydrogen (secondary N) is 2. The molecule has 4 nitrogen and oxygen atoms in total. The lowest BCUT2D eigenvalue weighted by molar-refractivity contribution is -0.141. The van der Waals surface area contributed by atoms with Crippen molar-refractivity contribution in [3.63, 3.8) is 0 Å². The van der Waals surface area contributed by atoms with Gasteiger partial charge in [0, 0.05) is 12.6 Å². The summed E-state index contributed by atoms with van der Waals surface area (Å²) in [5.74, 6) is -0.533. The zero-order valence-corrected chi connectivity index (χ0v) is 10.1. The third kappa shape index (κ3) is 5.23. The molecule has 1 aromatic heterocycles. The van der Waals surface area contributed by atoms with Gasteiger partial charge in [-0.3, -0.25) is 0 Å². The molecule has 19 heavy (non-hydrogen) atoms. The molecule has 0 fully saturated rings. The SMILES string of the molecule is CCCNc1nc(NCC(F)F)cc(C(F)(F)F)n1. The van der Waals surface area contributed by atoms with E-state index < -0.39 is 24.8 Å². The Morgan fingerprint density at radius 3 is 2.42 bits per heavy atom. The molecule has 0 unspecified atom stereocenters. The molecule has 0 bridgehead atoms. The van der Waals surface area contributed by atoms with Crippen LogP contribution < -0.4 is 10.6 Å². The van der Waals surface area contributed by atoms with Crippen molar-refractivity contribution in [3.05, 3.63) is 11.8 Å². The van der Waals surface area contributed by atoms with Crippen LogP contribution >= 0.6 is 0 Å². The summed E-state index contributed by atoms with van der Waals surface area (Å²) in [6.45, 7) is 1.42. The van der Waals surface area contributed by atoms with E-state index in [0.29, 0.717) is 19.0 Å². The second-order valence-electron chi connectivity index (χ2n) is 3.66. The fraction of sp³-hybridized carbons (Fsp3) is 0.600. The second-order valence-corrected chi connectivity index (χ2v) is 3.66. The lowest BCUT2D eigenvalue weighted by Crippen LogP contribution is -2.16. The Hall–Kier alpha value is -1.67. The number of anilines is 2. The third-order valence-electron chi connectivity index (χ3n) is 1.99. The molecule has 0 radical (unpaired) electrons. The van der Waals surface area contributed by atoms with Crippen LogP contribution in [0.3, 0.4) is 0 Å². The van der Waals surface area contributed by atoms with Crippen LogP contribution in [0.4, 0.5) is 33.7 Å². The van der Waals surface area contributed by atoms with E-state index in [9.17, 15) is 22.0 Å². The van der Waals surface area contributed by atoms with Gasteiger partial charge in [0.25, 0.3) is 6.43 Å². The number of hydrogen-bond donors (Lipinski definition) is 2. The lowest BCUT2D eigenvalue weighted by Gasteiger charge is -2.12. The van der Waals surface area contributed by atoms with Gasteiger partial charge in [-0.2, -0.15) is 18.2 Å². The van der Waals surface area contributed by atoms with Crippen LogP contribution in [0.15, 0.2) is 6.07 Å². The monoisotopic (exact) mass is 284 g/mol. The minimum atomic E-state index is -4.66. The van der Waals surface area contributed by atoms with Gasteiger partial charge in [0.15, 0.2) is 5.69 Å². The van der Waals surface area contributed by atoms with Crippen LogP contribution in [-0.4, -0.2) is 29.5 Å². The molecular formula is C10H13F5N4. The zero-order valence-electron chi connectivity index (χ0n) is 10.1. The Bertz CT molecular complexity index is 407. The number of aromatic nitrogens is 2. The second kappa shape index (κ2) is 6.48. The smallest absolute Gasteiger partial charge is 0.364 e. The molecule has 0 aliphatic rings. The average Bonchev–Trinajstić information content (AvgIpc) is 2.32. The van der Waals surface area contributed by atoms with Crippen molar-refractivity contribution in [1.29, 1.82) is 0 Å². The summed E-state index contributed by atoms with van der Waals surface area (Å²) in [6, 6.07) is 0.597. The predicted octanol–water partition coefficient (Wildman–Crippen LogP) is 2.99. The van der Waals surface area contributed by atoms with Crippen molar-refractivity contribution in [2.45, 2.75) is 25.9 Å². The first-order chi connectivity index (χ1) is 8.82. The number of alkyl halides is 5. The van der Waals surface area contributed by atoms with Gasteiger partial charge in [0.1, 0.15) is 5.82 Å². The van der Waals surface area contributed by atoms with E-state index in [2.05, 4.69) is 20.6 Å². The quantitative estimate of drug-likeness (QED) is 0.788. The number of halogens is 5. The van der Waals surface area contributed by atoms with Crippen molar-refractivity contribution < 1.29 is 22.0 Å². The van der Waals surface area contributed by atoms with Crippen LogP contribution in [0.5, 0.6) is 0 Å². The van der Waals surface area contributed by atoms with Crippen molar-refractivity contribution in [2.24, 2.45) is 0 Å². The molecule has 1 rings (SSSR count). The van der Waals surface area contributed by atoms with Gasteiger partial charge in [0.2, 0.25) is 5.95 Å². The molecule has 2 N–H and O–H groups in total. The summed E-state index contributed by atoms with van der Waals surface area (Å²) >= 11 is 0. The standard InChI is InChI=1S/C10H13F5N4/c1-2-3-16-9-18-6(10(13,14)15)4-8(19-9)17-5-7(11)12/h4,7H,2-3,5H2,1H3,(H2,16,17,18,19). The molecule has 0 aliphatic heterocycles. The molecule has 0 saturated carbocycles. The molecule has 0 amide bonds. The first-order valence-corrected chi connectivity index (χ1v) is 5.55. The summed E-state index contributed by atoms with van der Waals surface area (Å²) in [5, 5.41) is 4.72. The van der Waals surface area contributed by atoms with E-state index in [1.165, 1.54) is 0 Å². The Kier molecular flexibility index (Phi) is 5.25. The van der Waals surface area contributed by atoms with Gasteiger partial charge in [-0.15, -0.1) is 0 Å². The first-order valence-electron chi connectivity index (χ1n) is 5.55. The highest BCUT2D eigenvalue weighted by atomic mass is 19.4. The molecule has 0 saturated heterocycles. The van der Waals surface area contributed by atoms with Crippen LogP contribution in [0.25, 0.3) is 0 Å². The van der Waals surface area contributed by atoms with Crippen molar-refractivity contribution in [3.8, 4) is 0 Å². The van der Waals surface area contributed by atoms with Gasteiger partial charge < -0.3 is 10.6 Å². The van der Waals surface area contributed by atoms with Crippen LogP contribution in [0.2, 0.25) is 0 Å². The van der Waals surface area contributed by atoms with E-state index in [1.807, 2.05) is 6.92 Å². The van der Waals surface area contributed by atoms with Gasteiger partial charge in [-0.1, -0.05) is 6.92 Å². The topological polar surface area (TPSA) is 49.8 Å². The first kappa shape index (κ1) is 15.4. The Morgan fingerprint density at radius 2 is 1.89 bits per heavy atom. The van der Waals surface area contributed by atoms with Crippen LogP contribution in [-0.2, 0) is 6.18 Å². The molecule has 1 heterocycles. The highest BCUT2D eigenvalue weighted by Crippen LogP contribution is 2.29. The molecule has 0 aromatic carbocycles. The maximum atomic E-state index is 12.6. The van der Waals surface area contributed by atoms with Gasteiger partial charge in [-0.25, -0.2) is 13.8 Å². The minimum Gasteiger partial charge on any atom is -0.364 e. The Morgan fingerprint density at radius 1 is 1.21 bits per heavy atom. The van der Waals surface area contributed by atoms with Crippen molar-refractivity contribution in [2.75, 3.05) is 23.7 Å². The van der Waals surface area contributed by atoms with Gasteiger partial charge in [-0.05, 0) is 6.42 Å². The molecule has 0 aliphatic carbocycles. The number of hydrogen-bond acceptors (Lipinski definition) is 4. The maximum absolute atomic E-state index is 12.6. The van der Waals surface area contributed by atoms with E-state index in [1.54, 1.807) is 0 Å². The summed E-state index contributed by atoms with van der Waals surface area (Å²) in [6.07, 6.45) is -6.68. The fourth-order valence-electron chi connectivity index (χ4n) is 1.18. The van der Waals surface area contributed by atoms with Crippen LogP contribution in [0, 0.1) is 0 Å². The fourth-order valence-corrected chi connectivity index (χ4v) is 1.18. The van der Waals surface area contributed by atoms with E-state index in [-0.39, 0.29) is 11.8 Å². The normalized spacial score (nSPS) is 11.7.